The molecule has 1 aromatic heterocycles. The maximum Gasteiger partial charge on any atom is 0.264 e. The highest BCUT2D eigenvalue weighted by molar-refractivity contribution is 7.98. The van der Waals surface area contributed by atoms with E-state index in [1.54, 1.807) is 0 Å². The minimum Gasteiger partial charge on any atom is -0.481 e. The summed E-state index contributed by atoms with van der Waals surface area (Å²) in [6.07, 6.45) is 1.81. The van der Waals surface area contributed by atoms with Gasteiger partial charge in [-0.1, -0.05) is 11.8 Å². The van der Waals surface area contributed by atoms with E-state index in [2.05, 4.69) is 9.97 Å². The van der Waals surface area contributed by atoms with E-state index in [1.807, 2.05) is 6.26 Å². The molecule has 1 amide bonds. The van der Waals surface area contributed by atoms with Gasteiger partial charge in [0.25, 0.3) is 5.91 Å². The van der Waals surface area contributed by atoms with Gasteiger partial charge in [0.1, 0.15) is 0 Å². The standard InChI is InChI=1S/C13H19N3O5S/c1-13(19)8-9(14-12(22-3)15-10(8)20-2)16(11(13)18)4-6-21-7-5-17/h17,19H,4-7H2,1-3H3. The zero-order valence-electron chi connectivity index (χ0n) is 12.7. The number of hydrogen-bond acceptors (Lipinski definition) is 8. The van der Waals surface area contributed by atoms with Gasteiger partial charge >= 0.3 is 0 Å². The lowest BCUT2D eigenvalue weighted by Gasteiger charge is -2.18. The molecule has 0 saturated carbocycles. The van der Waals surface area contributed by atoms with Crippen LogP contribution in [-0.2, 0) is 15.1 Å². The van der Waals surface area contributed by atoms with Crippen molar-refractivity contribution in [1.29, 1.82) is 0 Å². The Morgan fingerprint density at radius 2 is 2.09 bits per heavy atom. The van der Waals surface area contributed by atoms with Crippen LogP contribution in [0.25, 0.3) is 0 Å². The Kier molecular flexibility index (Phi) is 5.22. The van der Waals surface area contributed by atoms with E-state index >= 15 is 0 Å². The van der Waals surface area contributed by atoms with E-state index in [-0.39, 0.29) is 37.8 Å². The van der Waals surface area contributed by atoms with E-state index < -0.39 is 11.5 Å². The van der Waals surface area contributed by atoms with Gasteiger partial charge in [-0.25, -0.2) is 4.98 Å². The largest absolute Gasteiger partial charge is 0.481 e. The SMILES string of the molecule is COc1nc(SC)nc2c1C(C)(O)C(=O)N2CCOCCO. The molecule has 1 atom stereocenters. The quantitative estimate of drug-likeness (QED) is 0.401. The van der Waals surface area contributed by atoms with Crippen molar-refractivity contribution in [2.45, 2.75) is 17.7 Å². The molecular formula is C13H19N3O5S. The van der Waals surface area contributed by atoms with Crippen molar-refractivity contribution in [1.82, 2.24) is 9.97 Å². The normalized spacial score (nSPS) is 20.4. The van der Waals surface area contributed by atoms with Crippen molar-refractivity contribution in [2.75, 3.05) is 44.6 Å². The Balaban J connectivity index is 2.38. The molecule has 0 spiro atoms. The lowest BCUT2D eigenvalue weighted by atomic mass is 10.0. The average Bonchev–Trinajstić information content (AvgIpc) is 2.71. The molecule has 8 nitrogen and oxygen atoms in total. The molecule has 1 aliphatic rings. The van der Waals surface area contributed by atoms with Gasteiger partial charge in [-0.15, -0.1) is 0 Å². The highest BCUT2D eigenvalue weighted by Crippen LogP contribution is 2.43. The van der Waals surface area contributed by atoms with Crippen LogP contribution < -0.4 is 9.64 Å². The lowest BCUT2D eigenvalue weighted by molar-refractivity contribution is -0.134. The fraction of sp³-hybridized carbons (Fsp3) is 0.615. The van der Waals surface area contributed by atoms with Crippen LogP contribution >= 0.6 is 11.8 Å². The number of carbonyl (C=O) groups excluding carboxylic acids is 1. The number of aliphatic hydroxyl groups excluding tert-OH is 1. The molecule has 22 heavy (non-hydrogen) atoms. The third kappa shape index (κ3) is 2.89. The summed E-state index contributed by atoms with van der Waals surface area (Å²) in [5, 5.41) is 19.7. The number of aliphatic hydroxyl groups is 2. The van der Waals surface area contributed by atoms with Crippen LogP contribution in [0.3, 0.4) is 0 Å². The van der Waals surface area contributed by atoms with Crippen LogP contribution in [0.15, 0.2) is 5.16 Å². The number of hydrogen-bond donors (Lipinski definition) is 2. The third-order valence-corrected chi connectivity index (χ3v) is 3.86. The molecule has 0 radical (unpaired) electrons. The number of thioether (sulfide) groups is 1. The van der Waals surface area contributed by atoms with Crippen molar-refractivity contribution >= 4 is 23.5 Å². The van der Waals surface area contributed by atoms with E-state index in [0.717, 1.165) is 0 Å². The summed E-state index contributed by atoms with van der Waals surface area (Å²) in [6, 6.07) is 0. The van der Waals surface area contributed by atoms with Crippen molar-refractivity contribution < 1.29 is 24.5 Å². The van der Waals surface area contributed by atoms with Crippen LogP contribution in [0.1, 0.15) is 12.5 Å². The van der Waals surface area contributed by atoms with Crippen LogP contribution in [0, 0.1) is 0 Å². The first-order valence-electron chi connectivity index (χ1n) is 6.70. The summed E-state index contributed by atoms with van der Waals surface area (Å²) in [5.41, 5.74) is -1.48. The second kappa shape index (κ2) is 6.78. The number of ether oxygens (including phenoxy) is 2. The van der Waals surface area contributed by atoms with Gasteiger partial charge in [0.05, 0.1) is 39.0 Å². The molecular weight excluding hydrogens is 310 g/mol. The fourth-order valence-corrected chi connectivity index (χ4v) is 2.62. The molecule has 1 aromatic rings. The first-order valence-corrected chi connectivity index (χ1v) is 7.93. The van der Waals surface area contributed by atoms with Crippen molar-refractivity contribution in [3.8, 4) is 5.88 Å². The molecule has 0 aliphatic carbocycles. The van der Waals surface area contributed by atoms with Gasteiger partial charge in [0, 0.05) is 0 Å². The lowest BCUT2D eigenvalue weighted by Crippen LogP contribution is -2.40. The smallest absolute Gasteiger partial charge is 0.264 e. The summed E-state index contributed by atoms with van der Waals surface area (Å²) in [5.74, 6) is 0.0197. The molecule has 0 bridgehead atoms. The maximum atomic E-state index is 12.5. The van der Waals surface area contributed by atoms with Crippen molar-refractivity contribution in [3.05, 3.63) is 5.56 Å². The predicted octanol–water partition coefficient (Wildman–Crippen LogP) is -0.230. The Hall–Kier alpha value is -1.42. The Labute approximate surface area is 132 Å². The van der Waals surface area contributed by atoms with Crippen LogP contribution in [-0.4, -0.2) is 65.8 Å². The van der Waals surface area contributed by atoms with Gasteiger partial charge in [-0.05, 0) is 13.2 Å². The van der Waals surface area contributed by atoms with E-state index in [1.165, 1.54) is 30.7 Å². The number of fused-ring (bicyclic) bond motifs is 1. The summed E-state index contributed by atoms with van der Waals surface area (Å²) >= 11 is 1.31. The molecule has 0 aromatic carbocycles. The van der Waals surface area contributed by atoms with E-state index in [4.69, 9.17) is 14.6 Å². The summed E-state index contributed by atoms with van der Waals surface area (Å²) < 4.78 is 10.4. The third-order valence-electron chi connectivity index (χ3n) is 3.31. The summed E-state index contributed by atoms with van der Waals surface area (Å²) in [4.78, 5) is 22.3. The number of rotatable bonds is 7. The molecule has 2 N–H and O–H groups in total. The Morgan fingerprint density at radius 3 is 2.68 bits per heavy atom. The molecule has 2 rings (SSSR count). The predicted molar refractivity (Wildman–Crippen MR) is 80.2 cm³/mol. The number of anilines is 1. The van der Waals surface area contributed by atoms with Crippen LogP contribution in [0.4, 0.5) is 5.82 Å². The number of amides is 1. The molecule has 1 aliphatic heterocycles. The highest BCUT2D eigenvalue weighted by atomic mass is 32.2. The zero-order valence-corrected chi connectivity index (χ0v) is 13.5. The molecule has 1 unspecified atom stereocenters. The number of aromatic nitrogens is 2. The monoisotopic (exact) mass is 329 g/mol. The minimum atomic E-state index is -1.74. The van der Waals surface area contributed by atoms with Gasteiger partial charge in [0.15, 0.2) is 16.6 Å². The van der Waals surface area contributed by atoms with Crippen LogP contribution in [0.2, 0.25) is 0 Å². The van der Waals surface area contributed by atoms with Gasteiger partial charge in [-0.3, -0.25) is 9.69 Å². The number of carbonyl (C=O) groups is 1. The second-order valence-electron chi connectivity index (χ2n) is 4.78. The fourth-order valence-electron chi connectivity index (χ4n) is 2.27. The first-order chi connectivity index (χ1) is 10.5. The highest BCUT2D eigenvalue weighted by Gasteiger charge is 2.50. The van der Waals surface area contributed by atoms with E-state index in [0.29, 0.717) is 11.0 Å². The zero-order chi connectivity index (χ0) is 16.3. The van der Waals surface area contributed by atoms with Crippen LogP contribution in [0.5, 0.6) is 5.88 Å². The Bertz CT molecular complexity index is 567. The molecule has 0 saturated heterocycles. The second-order valence-corrected chi connectivity index (χ2v) is 5.56. The average molecular weight is 329 g/mol. The summed E-state index contributed by atoms with van der Waals surface area (Å²) in [6.45, 7) is 1.94. The van der Waals surface area contributed by atoms with Gasteiger partial charge in [0.2, 0.25) is 5.88 Å². The first kappa shape index (κ1) is 16.9. The Morgan fingerprint density at radius 1 is 1.36 bits per heavy atom. The van der Waals surface area contributed by atoms with Gasteiger partial charge < -0.3 is 19.7 Å². The van der Waals surface area contributed by atoms with Crippen molar-refractivity contribution in [2.24, 2.45) is 0 Å². The maximum absolute atomic E-state index is 12.5. The molecule has 9 heteroatoms. The number of nitrogens with zero attached hydrogens (tertiary/aromatic N) is 3. The topological polar surface area (TPSA) is 105 Å². The summed E-state index contributed by atoms with van der Waals surface area (Å²) in [7, 11) is 1.43. The van der Waals surface area contributed by atoms with E-state index in [9.17, 15) is 9.90 Å². The number of methoxy groups -OCH3 is 1. The molecule has 122 valence electrons. The molecule has 2 heterocycles. The van der Waals surface area contributed by atoms with Crippen molar-refractivity contribution in [3.63, 3.8) is 0 Å². The molecule has 0 fully saturated rings. The van der Waals surface area contributed by atoms with Gasteiger partial charge in [-0.2, -0.15) is 4.98 Å². The minimum absolute atomic E-state index is 0.0884.